The Hall–Kier alpha value is -2.97. The first-order valence-corrected chi connectivity index (χ1v) is 12.6. The van der Waals surface area contributed by atoms with Gasteiger partial charge in [-0.15, -0.1) is 6.58 Å². The minimum Gasteiger partial charge on any atom is -0.439 e. The van der Waals surface area contributed by atoms with Crippen molar-refractivity contribution in [1.82, 2.24) is 14.7 Å². The predicted molar refractivity (Wildman–Crippen MR) is 141 cm³/mol. The van der Waals surface area contributed by atoms with Gasteiger partial charge in [0.25, 0.3) is 0 Å². The van der Waals surface area contributed by atoms with Crippen molar-refractivity contribution < 1.29 is 19.3 Å². The van der Waals surface area contributed by atoms with E-state index in [1.54, 1.807) is 10.8 Å². The molecule has 1 N–H and O–H groups in total. The highest BCUT2D eigenvalue weighted by molar-refractivity contribution is 5.65. The van der Waals surface area contributed by atoms with Crippen molar-refractivity contribution in [3.63, 3.8) is 0 Å². The van der Waals surface area contributed by atoms with Gasteiger partial charge in [-0.3, -0.25) is 4.90 Å². The largest absolute Gasteiger partial charge is 0.439 e. The molecular formula is C29H37N3O4. The van der Waals surface area contributed by atoms with Gasteiger partial charge in [-0.25, -0.2) is 4.68 Å². The molecule has 0 amide bonds. The van der Waals surface area contributed by atoms with Crippen molar-refractivity contribution in [3.05, 3.63) is 78.4 Å². The molecule has 0 spiro atoms. The number of hydrogen-bond acceptors (Lipinski definition) is 6. The van der Waals surface area contributed by atoms with Gasteiger partial charge < -0.3 is 19.3 Å². The lowest BCUT2D eigenvalue weighted by atomic mass is 10.1. The molecule has 0 bridgehead atoms. The van der Waals surface area contributed by atoms with E-state index >= 15 is 0 Å². The number of rotatable bonds is 13. The Balaban J connectivity index is 1.64. The number of aryl methyl sites for hydroxylation is 2. The van der Waals surface area contributed by atoms with Crippen LogP contribution in [0.15, 0.2) is 67.3 Å². The fourth-order valence-corrected chi connectivity index (χ4v) is 4.51. The molecule has 2 heterocycles. The van der Waals surface area contributed by atoms with E-state index < -0.39 is 6.10 Å². The summed E-state index contributed by atoms with van der Waals surface area (Å²) in [7, 11) is 1.90. The number of aliphatic hydroxyl groups excluding tert-OH is 1. The van der Waals surface area contributed by atoms with Crippen LogP contribution in [0.5, 0.6) is 11.6 Å². The Morgan fingerprint density at radius 2 is 2.00 bits per heavy atom. The number of nitrogens with zero attached hydrogens (tertiary/aromatic N) is 3. The van der Waals surface area contributed by atoms with Crippen LogP contribution in [-0.2, 0) is 23.1 Å². The zero-order chi connectivity index (χ0) is 25.3. The standard InChI is InChI=1S/C29H37N3O4/c1-4-16-34-21-24(33)18-32(19-26-11-8-17-35-26)20-27-28(23-9-6-5-7-10-23)30-31(3)29(27)36-25-14-12-22(2)13-15-25/h4-7,9-10,12-15,24,26,33H,1,8,11,16-21H2,2-3H3/t24-,26+/m0/s1. The number of ether oxygens (including phenoxy) is 3. The summed E-state index contributed by atoms with van der Waals surface area (Å²) in [5.41, 5.74) is 4.04. The molecule has 1 saturated heterocycles. The summed E-state index contributed by atoms with van der Waals surface area (Å²) in [5.74, 6) is 1.44. The van der Waals surface area contributed by atoms with Crippen molar-refractivity contribution in [2.75, 3.05) is 32.9 Å². The molecule has 2 atom stereocenters. The lowest BCUT2D eigenvalue weighted by Gasteiger charge is -2.27. The van der Waals surface area contributed by atoms with Crippen LogP contribution in [0.1, 0.15) is 24.0 Å². The van der Waals surface area contributed by atoms with Crippen molar-refractivity contribution in [2.24, 2.45) is 7.05 Å². The van der Waals surface area contributed by atoms with Gasteiger partial charge in [-0.1, -0.05) is 54.1 Å². The summed E-state index contributed by atoms with van der Waals surface area (Å²) in [6, 6.07) is 18.2. The minimum atomic E-state index is -0.635. The van der Waals surface area contributed by atoms with Crippen LogP contribution in [0.4, 0.5) is 0 Å². The van der Waals surface area contributed by atoms with Crippen molar-refractivity contribution in [1.29, 1.82) is 0 Å². The van der Waals surface area contributed by atoms with Crippen LogP contribution in [-0.4, -0.2) is 64.9 Å². The number of hydrogen-bond donors (Lipinski definition) is 1. The highest BCUT2D eigenvalue weighted by Crippen LogP contribution is 2.34. The van der Waals surface area contributed by atoms with Crippen LogP contribution < -0.4 is 4.74 Å². The maximum atomic E-state index is 10.7. The van der Waals surface area contributed by atoms with Gasteiger partial charge in [0.2, 0.25) is 5.88 Å². The first kappa shape index (κ1) is 26.1. The molecule has 3 aromatic rings. The molecule has 0 saturated carbocycles. The van der Waals surface area contributed by atoms with Gasteiger partial charge in [0, 0.05) is 38.9 Å². The summed E-state index contributed by atoms with van der Waals surface area (Å²) >= 11 is 0. The number of benzene rings is 2. The van der Waals surface area contributed by atoms with Gasteiger partial charge >= 0.3 is 0 Å². The molecule has 192 valence electrons. The van der Waals surface area contributed by atoms with Crippen LogP contribution in [0.3, 0.4) is 0 Å². The molecule has 4 rings (SSSR count). The highest BCUT2D eigenvalue weighted by Gasteiger charge is 2.26. The second-order valence-electron chi connectivity index (χ2n) is 9.35. The fraction of sp³-hybridized carbons (Fsp3) is 0.414. The van der Waals surface area contributed by atoms with E-state index in [0.717, 1.165) is 42.0 Å². The van der Waals surface area contributed by atoms with Gasteiger partial charge in [0.15, 0.2) is 0 Å². The second kappa shape index (κ2) is 12.8. The number of aliphatic hydroxyl groups is 1. The summed E-state index contributed by atoms with van der Waals surface area (Å²) in [6.45, 7) is 8.90. The monoisotopic (exact) mass is 491 g/mol. The Morgan fingerprint density at radius 3 is 2.69 bits per heavy atom. The molecule has 1 aliphatic heterocycles. The molecule has 36 heavy (non-hydrogen) atoms. The fourth-order valence-electron chi connectivity index (χ4n) is 4.51. The molecular weight excluding hydrogens is 454 g/mol. The third-order valence-electron chi connectivity index (χ3n) is 6.25. The van der Waals surface area contributed by atoms with Crippen molar-refractivity contribution in [2.45, 2.75) is 38.5 Å². The Labute approximate surface area is 213 Å². The summed E-state index contributed by atoms with van der Waals surface area (Å²) in [6.07, 6.45) is 3.28. The third kappa shape index (κ3) is 7.04. The van der Waals surface area contributed by atoms with Crippen LogP contribution in [0.2, 0.25) is 0 Å². The molecule has 2 aromatic carbocycles. The summed E-state index contributed by atoms with van der Waals surface area (Å²) < 4.78 is 19.6. The van der Waals surface area contributed by atoms with E-state index in [9.17, 15) is 5.11 Å². The highest BCUT2D eigenvalue weighted by atomic mass is 16.5. The zero-order valence-corrected chi connectivity index (χ0v) is 21.3. The average molecular weight is 492 g/mol. The topological polar surface area (TPSA) is 69.0 Å². The van der Waals surface area contributed by atoms with Gasteiger partial charge in [-0.2, -0.15) is 5.10 Å². The van der Waals surface area contributed by atoms with Crippen LogP contribution >= 0.6 is 0 Å². The third-order valence-corrected chi connectivity index (χ3v) is 6.25. The molecule has 1 fully saturated rings. The first-order valence-electron chi connectivity index (χ1n) is 12.6. The lowest BCUT2D eigenvalue weighted by molar-refractivity contribution is 0.00845. The maximum Gasteiger partial charge on any atom is 0.222 e. The Bertz CT molecular complexity index is 1090. The van der Waals surface area contributed by atoms with Crippen LogP contribution in [0, 0.1) is 6.92 Å². The summed E-state index contributed by atoms with van der Waals surface area (Å²) in [5, 5.41) is 15.6. The maximum absolute atomic E-state index is 10.7. The molecule has 7 heteroatoms. The Kier molecular flexibility index (Phi) is 9.30. The van der Waals surface area contributed by atoms with E-state index in [1.165, 1.54) is 5.56 Å². The predicted octanol–water partition coefficient (Wildman–Crippen LogP) is 4.73. The van der Waals surface area contributed by atoms with Gasteiger partial charge in [0.1, 0.15) is 11.4 Å². The second-order valence-corrected chi connectivity index (χ2v) is 9.35. The molecule has 1 aliphatic rings. The van der Waals surface area contributed by atoms with E-state index in [-0.39, 0.29) is 12.7 Å². The zero-order valence-electron chi connectivity index (χ0n) is 21.3. The lowest BCUT2D eigenvalue weighted by Crippen LogP contribution is -2.39. The van der Waals surface area contributed by atoms with Gasteiger partial charge in [0.05, 0.1) is 31.0 Å². The first-order chi connectivity index (χ1) is 17.5. The van der Waals surface area contributed by atoms with Crippen molar-refractivity contribution in [3.8, 4) is 22.9 Å². The molecule has 0 radical (unpaired) electrons. The van der Waals surface area contributed by atoms with Gasteiger partial charge in [-0.05, 0) is 31.9 Å². The molecule has 7 nitrogen and oxygen atoms in total. The van der Waals surface area contributed by atoms with E-state index in [4.69, 9.17) is 19.3 Å². The van der Waals surface area contributed by atoms with Crippen molar-refractivity contribution >= 4 is 0 Å². The average Bonchev–Trinajstić information content (AvgIpc) is 3.49. The molecule has 1 aromatic heterocycles. The van der Waals surface area contributed by atoms with Crippen LogP contribution in [0.25, 0.3) is 11.3 Å². The van der Waals surface area contributed by atoms with E-state index in [2.05, 4.69) is 30.5 Å². The quantitative estimate of drug-likeness (QED) is 0.275. The Morgan fingerprint density at radius 1 is 1.22 bits per heavy atom. The normalized spacial score (nSPS) is 16.4. The number of aromatic nitrogens is 2. The van der Waals surface area contributed by atoms with E-state index in [0.29, 0.717) is 32.1 Å². The van der Waals surface area contributed by atoms with E-state index in [1.807, 2.05) is 49.5 Å². The SMILES string of the molecule is C=CCOC[C@@H](O)CN(Cc1c(-c2ccccc2)nn(C)c1Oc1ccc(C)cc1)C[C@H]1CCCO1. The summed E-state index contributed by atoms with van der Waals surface area (Å²) in [4.78, 5) is 2.23. The minimum absolute atomic E-state index is 0.143. The molecule has 0 unspecified atom stereocenters. The molecule has 0 aliphatic carbocycles. The smallest absolute Gasteiger partial charge is 0.222 e.